The first-order valence-corrected chi connectivity index (χ1v) is 9.47. The van der Waals surface area contributed by atoms with E-state index in [0.29, 0.717) is 17.6 Å². The van der Waals surface area contributed by atoms with E-state index in [1.807, 2.05) is 10.7 Å². The number of ether oxygens (including phenoxy) is 1. The first kappa shape index (κ1) is 18.1. The lowest BCUT2D eigenvalue weighted by Gasteiger charge is -2.23. The number of amides is 1. The van der Waals surface area contributed by atoms with Crippen LogP contribution in [-0.4, -0.2) is 42.8 Å². The Morgan fingerprint density at radius 1 is 1.18 bits per heavy atom. The summed E-state index contributed by atoms with van der Waals surface area (Å²) in [4.78, 5) is 12.5. The van der Waals surface area contributed by atoms with Gasteiger partial charge in [-0.25, -0.2) is 4.68 Å². The summed E-state index contributed by atoms with van der Waals surface area (Å²) in [6.45, 7) is 0.111. The highest BCUT2D eigenvalue weighted by atomic mass is 16.5. The number of carbonyl (C=O) groups excluding carboxylic acids is 1. The van der Waals surface area contributed by atoms with Crippen LogP contribution in [0.25, 0.3) is 11.3 Å². The molecule has 1 saturated carbocycles. The molecule has 0 bridgehead atoms. The third kappa shape index (κ3) is 4.03. The molecular weight excluding hydrogens is 358 g/mol. The Hall–Kier alpha value is -3.23. The molecule has 0 saturated heterocycles. The molecule has 9 nitrogen and oxygen atoms in total. The van der Waals surface area contributed by atoms with Gasteiger partial charge in [-0.1, -0.05) is 19.3 Å². The van der Waals surface area contributed by atoms with E-state index < -0.39 is 0 Å². The number of aromatic nitrogens is 6. The van der Waals surface area contributed by atoms with E-state index in [9.17, 15) is 4.79 Å². The van der Waals surface area contributed by atoms with Crippen molar-refractivity contribution in [2.75, 3.05) is 12.4 Å². The van der Waals surface area contributed by atoms with Gasteiger partial charge in [-0.3, -0.25) is 9.48 Å². The summed E-state index contributed by atoms with van der Waals surface area (Å²) < 4.78 is 8.54. The van der Waals surface area contributed by atoms with Gasteiger partial charge in [-0.2, -0.15) is 10.2 Å². The van der Waals surface area contributed by atoms with Crippen molar-refractivity contribution in [3.63, 3.8) is 0 Å². The molecule has 3 aromatic rings. The zero-order valence-corrected chi connectivity index (χ0v) is 15.8. The molecule has 3 aromatic heterocycles. The summed E-state index contributed by atoms with van der Waals surface area (Å²) in [5.74, 6) is 1.04. The summed E-state index contributed by atoms with van der Waals surface area (Å²) in [7, 11) is 1.54. The molecule has 0 radical (unpaired) electrons. The van der Waals surface area contributed by atoms with E-state index in [4.69, 9.17) is 4.74 Å². The molecule has 1 amide bonds. The van der Waals surface area contributed by atoms with Crippen molar-refractivity contribution in [2.24, 2.45) is 0 Å². The van der Waals surface area contributed by atoms with Crippen molar-refractivity contribution in [2.45, 2.75) is 44.7 Å². The first-order valence-electron chi connectivity index (χ1n) is 9.47. The molecule has 1 fully saturated rings. The number of rotatable bonds is 6. The first-order chi connectivity index (χ1) is 13.7. The van der Waals surface area contributed by atoms with Crippen molar-refractivity contribution in [1.82, 2.24) is 29.8 Å². The van der Waals surface area contributed by atoms with Crippen LogP contribution < -0.4 is 10.1 Å². The third-order valence-corrected chi connectivity index (χ3v) is 4.94. The zero-order chi connectivity index (χ0) is 19.3. The molecule has 0 unspecified atom stereocenters. The Kier molecular flexibility index (Phi) is 5.31. The largest absolute Gasteiger partial charge is 0.480 e. The topological polar surface area (TPSA) is 99.8 Å². The van der Waals surface area contributed by atoms with Gasteiger partial charge >= 0.3 is 0 Å². The molecule has 146 valence electrons. The van der Waals surface area contributed by atoms with Gasteiger partial charge in [0.25, 0.3) is 0 Å². The van der Waals surface area contributed by atoms with E-state index >= 15 is 0 Å². The maximum atomic E-state index is 12.5. The minimum absolute atomic E-state index is 0.111. The zero-order valence-electron chi connectivity index (χ0n) is 15.8. The van der Waals surface area contributed by atoms with Crippen LogP contribution in [0.2, 0.25) is 0 Å². The molecule has 3 heterocycles. The number of carbonyl (C=O) groups is 1. The van der Waals surface area contributed by atoms with Crippen LogP contribution in [0, 0.1) is 0 Å². The van der Waals surface area contributed by atoms with Gasteiger partial charge in [0.05, 0.1) is 31.2 Å². The van der Waals surface area contributed by atoms with Gasteiger partial charge in [-0.05, 0) is 18.9 Å². The van der Waals surface area contributed by atoms with Crippen molar-refractivity contribution in [3.05, 3.63) is 36.8 Å². The Labute approximate surface area is 162 Å². The maximum absolute atomic E-state index is 12.5. The molecule has 1 aliphatic rings. The highest BCUT2D eigenvalue weighted by molar-refractivity contribution is 5.89. The number of hydrogen-bond donors (Lipinski definition) is 1. The van der Waals surface area contributed by atoms with Gasteiger partial charge in [0.15, 0.2) is 0 Å². The van der Waals surface area contributed by atoms with Crippen molar-refractivity contribution in [3.8, 4) is 17.1 Å². The maximum Gasteiger partial charge on any atom is 0.247 e. The Morgan fingerprint density at radius 3 is 2.79 bits per heavy atom. The quantitative estimate of drug-likeness (QED) is 0.705. The number of nitrogens with zero attached hydrogens (tertiary/aromatic N) is 6. The lowest BCUT2D eigenvalue weighted by Crippen LogP contribution is -2.23. The van der Waals surface area contributed by atoms with Crippen LogP contribution in [0.5, 0.6) is 5.88 Å². The lowest BCUT2D eigenvalue weighted by atomic mass is 9.96. The van der Waals surface area contributed by atoms with Gasteiger partial charge < -0.3 is 10.1 Å². The predicted octanol–water partition coefficient (Wildman–Crippen LogP) is 2.69. The Bertz CT molecular complexity index is 926. The highest BCUT2D eigenvalue weighted by Crippen LogP contribution is 2.29. The second-order valence-electron chi connectivity index (χ2n) is 6.89. The number of anilines is 1. The normalized spacial score (nSPS) is 14.8. The fourth-order valence-electron chi connectivity index (χ4n) is 3.52. The molecule has 9 heteroatoms. The van der Waals surface area contributed by atoms with E-state index in [1.165, 1.54) is 19.3 Å². The number of hydrogen-bond acceptors (Lipinski definition) is 6. The van der Waals surface area contributed by atoms with E-state index in [1.54, 1.807) is 42.5 Å². The van der Waals surface area contributed by atoms with Crippen LogP contribution in [0.1, 0.15) is 38.1 Å². The second-order valence-corrected chi connectivity index (χ2v) is 6.89. The van der Waals surface area contributed by atoms with Gasteiger partial charge in [0.1, 0.15) is 12.4 Å². The molecule has 28 heavy (non-hydrogen) atoms. The number of nitrogens with one attached hydrogen (secondary N) is 1. The summed E-state index contributed by atoms with van der Waals surface area (Å²) in [6.07, 6.45) is 11.1. The van der Waals surface area contributed by atoms with Crippen LogP contribution in [0.4, 0.5) is 5.82 Å². The summed E-state index contributed by atoms with van der Waals surface area (Å²) in [5.41, 5.74) is 1.46. The van der Waals surface area contributed by atoms with Gasteiger partial charge in [0.2, 0.25) is 11.8 Å². The minimum Gasteiger partial charge on any atom is -0.480 e. The molecule has 1 N–H and O–H groups in total. The molecule has 0 aliphatic heterocycles. The summed E-state index contributed by atoms with van der Waals surface area (Å²) >= 11 is 0. The van der Waals surface area contributed by atoms with Crippen LogP contribution in [0.3, 0.4) is 0 Å². The monoisotopic (exact) mass is 381 g/mol. The van der Waals surface area contributed by atoms with Crippen LogP contribution in [-0.2, 0) is 11.3 Å². The Morgan fingerprint density at radius 2 is 2.04 bits per heavy atom. The minimum atomic E-state index is -0.145. The molecule has 0 spiro atoms. The molecule has 0 atom stereocenters. The highest BCUT2D eigenvalue weighted by Gasteiger charge is 2.19. The molecule has 0 aromatic carbocycles. The van der Waals surface area contributed by atoms with Crippen LogP contribution in [0.15, 0.2) is 36.8 Å². The number of methoxy groups -OCH3 is 1. The smallest absolute Gasteiger partial charge is 0.247 e. The summed E-state index contributed by atoms with van der Waals surface area (Å²) in [6, 6.07) is 5.74. The second kappa shape index (κ2) is 8.20. The lowest BCUT2D eigenvalue weighted by molar-refractivity contribution is -0.117. The fourth-order valence-corrected chi connectivity index (χ4v) is 3.52. The van der Waals surface area contributed by atoms with Crippen molar-refractivity contribution in [1.29, 1.82) is 0 Å². The van der Waals surface area contributed by atoms with Gasteiger partial charge in [0, 0.05) is 23.9 Å². The average molecular weight is 381 g/mol. The molecule has 1 aliphatic carbocycles. The standard InChI is InChI=1S/C19H23N7O2/c1-28-19-8-7-16(23-24-19)14-11-21-25(12-14)13-18(27)22-17-9-10-20-26(17)15-5-3-2-4-6-15/h7-12,15H,2-6,13H2,1H3,(H,22,27). The van der Waals surface area contributed by atoms with E-state index in [0.717, 1.165) is 24.2 Å². The van der Waals surface area contributed by atoms with Crippen molar-refractivity contribution < 1.29 is 9.53 Å². The average Bonchev–Trinajstić information content (AvgIpc) is 3.38. The molecular formula is C19H23N7O2. The SMILES string of the molecule is COc1ccc(-c2cnn(CC(=O)Nc3ccnn3C3CCCCC3)c2)nn1. The predicted molar refractivity (Wildman–Crippen MR) is 103 cm³/mol. The summed E-state index contributed by atoms with van der Waals surface area (Å²) in [5, 5.41) is 19.7. The van der Waals surface area contributed by atoms with E-state index in [-0.39, 0.29) is 12.5 Å². The molecule has 4 rings (SSSR count). The fraction of sp³-hybridized carbons (Fsp3) is 0.421. The van der Waals surface area contributed by atoms with Crippen LogP contribution >= 0.6 is 0 Å². The van der Waals surface area contributed by atoms with Gasteiger partial charge in [-0.15, -0.1) is 10.2 Å². The van der Waals surface area contributed by atoms with Crippen molar-refractivity contribution >= 4 is 11.7 Å². The third-order valence-electron chi connectivity index (χ3n) is 4.94. The van der Waals surface area contributed by atoms with E-state index in [2.05, 4.69) is 25.7 Å². The Balaban J connectivity index is 1.39.